The molecule has 11 nitrogen and oxygen atoms in total. The smallest absolute Gasteiger partial charge is 0.468 e. The van der Waals surface area contributed by atoms with Gasteiger partial charge in [-0.15, -0.1) is 0 Å². The van der Waals surface area contributed by atoms with Crippen LogP contribution in [0, 0.1) is 0 Å². The molecule has 0 bridgehead atoms. The number of rotatable bonds is 14. The van der Waals surface area contributed by atoms with Crippen molar-refractivity contribution in [3.63, 3.8) is 0 Å². The molecule has 0 spiro atoms. The minimum atomic E-state index is -1.56. The summed E-state index contributed by atoms with van der Waals surface area (Å²) in [7, 11) is 1.20. The third kappa shape index (κ3) is 11.5. The lowest BCUT2D eigenvalue weighted by Gasteiger charge is -2.27. The van der Waals surface area contributed by atoms with Crippen LogP contribution in [-0.2, 0) is 35.0 Å². The van der Waals surface area contributed by atoms with Gasteiger partial charge in [0, 0.05) is 19.3 Å². The van der Waals surface area contributed by atoms with E-state index in [4.69, 9.17) is 34.2 Å². The molecule has 0 fully saturated rings. The van der Waals surface area contributed by atoms with E-state index in [9.17, 15) is 19.2 Å². The summed E-state index contributed by atoms with van der Waals surface area (Å²) < 4.78 is 31.5. The molecule has 0 aliphatic heterocycles. The molecule has 0 amide bonds. The summed E-state index contributed by atoms with van der Waals surface area (Å²) in [5, 5.41) is 0. The topological polar surface area (TPSA) is 150 Å². The lowest BCUT2D eigenvalue weighted by Crippen LogP contribution is -2.51. The van der Waals surface area contributed by atoms with Crippen molar-refractivity contribution < 1.29 is 47.6 Å². The third-order valence-electron chi connectivity index (χ3n) is 6.19. The molecule has 1 atom stereocenters. The minimum Gasteiger partial charge on any atom is -0.468 e. The van der Waals surface area contributed by atoms with Crippen LogP contribution < -0.4 is 15.2 Å². The molecular weight excluding hydrogens is 510 g/mol. The molecule has 0 aliphatic rings. The number of benzene rings is 1. The summed E-state index contributed by atoms with van der Waals surface area (Å²) in [4.78, 5) is 49.3. The number of hydrogen-bond donors (Lipinski definition) is 1. The number of carbonyl (C=O) groups is 4. The number of carbonyl (C=O) groups excluding carboxylic acids is 4. The molecule has 0 heterocycles. The van der Waals surface area contributed by atoms with E-state index in [2.05, 4.69) is 0 Å². The van der Waals surface area contributed by atoms with E-state index < -0.39 is 41.0 Å². The summed E-state index contributed by atoms with van der Waals surface area (Å²) in [5.41, 5.74) is 3.72. The van der Waals surface area contributed by atoms with Crippen LogP contribution >= 0.6 is 0 Å². The fraction of sp³-hybridized carbons (Fsp3) is 0.643. The zero-order valence-electron chi connectivity index (χ0n) is 24.3. The van der Waals surface area contributed by atoms with Gasteiger partial charge < -0.3 is 34.2 Å². The number of nitrogens with two attached hydrogens (primary N) is 1. The molecule has 0 aliphatic carbocycles. The Kier molecular flexibility index (Phi) is 12.7. The Balaban J connectivity index is 3.27. The molecule has 0 unspecified atom stereocenters. The van der Waals surface area contributed by atoms with Gasteiger partial charge in [-0.2, -0.15) is 0 Å². The SMILES string of the molecule is CCCC(=O)OCC[C@@](N)(Cc1ccc(OC(=O)OC(C)(C)CC)c(OC(=O)OC(C)(C)CC)c1)C(=O)OC. The third-order valence-corrected chi connectivity index (χ3v) is 6.19. The number of methoxy groups -OCH3 is 1. The van der Waals surface area contributed by atoms with Gasteiger partial charge in [0.2, 0.25) is 0 Å². The van der Waals surface area contributed by atoms with Gasteiger partial charge in [-0.1, -0.05) is 26.8 Å². The highest BCUT2D eigenvalue weighted by atomic mass is 16.8. The molecule has 39 heavy (non-hydrogen) atoms. The number of ether oxygens (including phenoxy) is 6. The van der Waals surface area contributed by atoms with Crippen LogP contribution in [0.4, 0.5) is 9.59 Å². The molecule has 11 heteroatoms. The average molecular weight is 554 g/mol. The zero-order valence-corrected chi connectivity index (χ0v) is 24.3. The van der Waals surface area contributed by atoms with Crippen LogP contribution in [0.25, 0.3) is 0 Å². The maximum absolute atomic E-state index is 12.6. The molecule has 0 saturated carbocycles. The summed E-state index contributed by atoms with van der Waals surface area (Å²) in [6, 6.07) is 4.35. The van der Waals surface area contributed by atoms with Crippen LogP contribution in [0.1, 0.15) is 86.1 Å². The number of hydrogen-bond acceptors (Lipinski definition) is 11. The Morgan fingerprint density at radius 2 is 1.38 bits per heavy atom. The maximum Gasteiger partial charge on any atom is 0.514 e. The molecule has 0 radical (unpaired) electrons. The van der Waals surface area contributed by atoms with Crippen molar-refractivity contribution in [2.24, 2.45) is 5.73 Å². The van der Waals surface area contributed by atoms with Crippen LogP contribution in [0.15, 0.2) is 18.2 Å². The molecule has 2 N–H and O–H groups in total. The highest BCUT2D eigenvalue weighted by Gasteiger charge is 2.36. The van der Waals surface area contributed by atoms with E-state index in [0.29, 0.717) is 24.8 Å². The van der Waals surface area contributed by atoms with Crippen molar-refractivity contribution in [2.45, 2.75) is 104 Å². The van der Waals surface area contributed by atoms with Crippen LogP contribution in [0.2, 0.25) is 0 Å². The fourth-order valence-corrected chi connectivity index (χ4v) is 3.10. The van der Waals surface area contributed by atoms with E-state index >= 15 is 0 Å². The van der Waals surface area contributed by atoms with Crippen LogP contribution in [0.5, 0.6) is 11.5 Å². The number of esters is 2. The average Bonchev–Trinajstić information content (AvgIpc) is 2.84. The van der Waals surface area contributed by atoms with Crippen molar-refractivity contribution in [3.05, 3.63) is 23.8 Å². The molecule has 1 aromatic carbocycles. The highest BCUT2D eigenvalue weighted by Crippen LogP contribution is 2.32. The van der Waals surface area contributed by atoms with Gasteiger partial charge in [0.15, 0.2) is 11.5 Å². The lowest BCUT2D eigenvalue weighted by atomic mass is 9.88. The van der Waals surface area contributed by atoms with Gasteiger partial charge in [-0.25, -0.2) is 9.59 Å². The second-order valence-corrected chi connectivity index (χ2v) is 10.5. The lowest BCUT2D eigenvalue weighted by molar-refractivity contribution is -0.151. The Hall–Kier alpha value is -3.34. The van der Waals surface area contributed by atoms with E-state index in [1.165, 1.54) is 19.2 Å². The normalized spacial score (nSPS) is 13.1. The van der Waals surface area contributed by atoms with E-state index in [1.54, 1.807) is 33.8 Å². The Bertz CT molecular complexity index is 1000. The Labute approximate surface area is 230 Å². The van der Waals surface area contributed by atoms with Gasteiger partial charge in [-0.05, 0) is 64.7 Å². The summed E-state index contributed by atoms with van der Waals surface area (Å²) in [6.07, 6.45) is -0.133. The van der Waals surface area contributed by atoms with Gasteiger partial charge in [0.25, 0.3) is 0 Å². The summed E-state index contributed by atoms with van der Waals surface area (Å²) in [6.45, 7) is 12.4. The van der Waals surface area contributed by atoms with Crippen molar-refractivity contribution in [1.29, 1.82) is 0 Å². The Morgan fingerprint density at radius 3 is 1.87 bits per heavy atom. The molecule has 0 saturated heterocycles. The quantitative estimate of drug-likeness (QED) is 0.183. The standard InChI is InChI=1S/C28H43NO10/c1-9-12-22(30)35-16-15-28(29,23(31)34-8)18-19-13-14-20(36-24(32)38-26(4,5)10-2)21(17-19)37-25(33)39-27(6,7)11-3/h13-14,17H,9-12,15-16,18,29H2,1-8H3/t28-/m1/s1. The van der Waals surface area contributed by atoms with Gasteiger partial charge in [0.05, 0.1) is 13.7 Å². The van der Waals surface area contributed by atoms with E-state index in [1.807, 2.05) is 20.8 Å². The van der Waals surface area contributed by atoms with Crippen LogP contribution in [0.3, 0.4) is 0 Å². The monoisotopic (exact) mass is 553 g/mol. The largest absolute Gasteiger partial charge is 0.514 e. The molecule has 1 rings (SSSR count). The summed E-state index contributed by atoms with van der Waals surface area (Å²) in [5.74, 6) is -1.35. The van der Waals surface area contributed by atoms with E-state index in [-0.39, 0.29) is 37.4 Å². The van der Waals surface area contributed by atoms with Crippen molar-refractivity contribution >= 4 is 24.2 Å². The minimum absolute atomic E-state index is 0.0191. The molecule has 1 aromatic rings. The molecular formula is C28H43NO10. The predicted octanol–water partition coefficient (Wildman–Crippen LogP) is 5.24. The first kappa shape index (κ1) is 33.7. The first-order valence-electron chi connectivity index (χ1n) is 13.1. The predicted molar refractivity (Wildman–Crippen MR) is 143 cm³/mol. The van der Waals surface area contributed by atoms with Crippen molar-refractivity contribution in [1.82, 2.24) is 0 Å². The second-order valence-electron chi connectivity index (χ2n) is 10.5. The molecule has 220 valence electrons. The summed E-state index contributed by atoms with van der Waals surface area (Å²) >= 11 is 0. The van der Waals surface area contributed by atoms with Crippen molar-refractivity contribution in [2.75, 3.05) is 13.7 Å². The first-order chi connectivity index (χ1) is 18.1. The zero-order chi connectivity index (χ0) is 29.9. The Morgan fingerprint density at radius 1 is 0.846 bits per heavy atom. The van der Waals surface area contributed by atoms with Crippen molar-refractivity contribution in [3.8, 4) is 11.5 Å². The fourth-order valence-electron chi connectivity index (χ4n) is 3.10. The van der Waals surface area contributed by atoms with E-state index in [0.717, 1.165) is 0 Å². The highest BCUT2D eigenvalue weighted by molar-refractivity contribution is 5.81. The maximum atomic E-state index is 12.6. The van der Waals surface area contributed by atoms with Gasteiger partial charge in [0.1, 0.15) is 16.7 Å². The second kappa shape index (κ2) is 14.7. The molecule has 0 aromatic heterocycles. The first-order valence-corrected chi connectivity index (χ1v) is 13.1. The van der Waals surface area contributed by atoms with Crippen LogP contribution in [-0.4, -0.2) is 54.7 Å². The van der Waals surface area contributed by atoms with Gasteiger partial charge in [-0.3, -0.25) is 9.59 Å². The van der Waals surface area contributed by atoms with Gasteiger partial charge >= 0.3 is 24.2 Å².